The summed E-state index contributed by atoms with van der Waals surface area (Å²) in [6.07, 6.45) is 2.33. The van der Waals surface area contributed by atoms with Gasteiger partial charge in [-0.25, -0.2) is 4.98 Å². The van der Waals surface area contributed by atoms with E-state index in [1.807, 2.05) is 25.5 Å². The molecule has 1 N–H and O–H groups in total. The number of methoxy groups -OCH3 is 1. The van der Waals surface area contributed by atoms with Gasteiger partial charge in [0.2, 0.25) is 5.95 Å². The first-order chi connectivity index (χ1) is 16.7. The lowest BCUT2D eigenvalue weighted by molar-refractivity contribution is -0.141. The van der Waals surface area contributed by atoms with Crippen molar-refractivity contribution >= 4 is 22.8 Å². The Hall–Kier alpha value is -3.67. The molecule has 2 atom stereocenters. The molecule has 1 aliphatic heterocycles. The van der Waals surface area contributed by atoms with Gasteiger partial charge in [-0.3, -0.25) is 9.67 Å². The lowest BCUT2D eigenvalue weighted by Crippen LogP contribution is -2.44. The van der Waals surface area contributed by atoms with Gasteiger partial charge in [0.1, 0.15) is 11.2 Å². The van der Waals surface area contributed by atoms with Gasteiger partial charge < -0.3 is 19.5 Å². The molecule has 2 unspecified atom stereocenters. The van der Waals surface area contributed by atoms with Crippen LogP contribution in [0.25, 0.3) is 11.0 Å². The second-order valence-electron chi connectivity index (χ2n) is 8.65. The SMILES string of the molecule is COCC1C(C)n2ccc3nc(NCc4cnn(Cc5ccc(C(F)(F)F)nc5)c4)nc(c32)N1C. The van der Waals surface area contributed by atoms with Crippen LogP contribution in [0.1, 0.15) is 29.8 Å². The van der Waals surface area contributed by atoms with Crippen molar-refractivity contribution in [3.05, 3.63) is 59.8 Å². The quantitative estimate of drug-likeness (QED) is 0.426. The molecule has 0 aliphatic carbocycles. The third-order valence-corrected chi connectivity index (χ3v) is 6.31. The van der Waals surface area contributed by atoms with Crippen molar-refractivity contribution in [3.63, 3.8) is 0 Å². The first kappa shape index (κ1) is 23.1. The number of anilines is 2. The van der Waals surface area contributed by atoms with Crippen LogP contribution in [0.5, 0.6) is 0 Å². The molecule has 12 heteroatoms. The van der Waals surface area contributed by atoms with Crippen LogP contribution in [0.3, 0.4) is 0 Å². The number of ether oxygens (including phenoxy) is 1. The average Bonchev–Trinajstić information content (AvgIpc) is 3.46. The zero-order valence-electron chi connectivity index (χ0n) is 19.5. The Morgan fingerprint density at radius 2 is 1.94 bits per heavy atom. The van der Waals surface area contributed by atoms with Gasteiger partial charge in [-0.2, -0.15) is 23.3 Å². The molecule has 0 saturated carbocycles. The van der Waals surface area contributed by atoms with Crippen LogP contribution in [0.2, 0.25) is 0 Å². The minimum absolute atomic E-state index is 0.142. The second kappa shape index (κ2) is 8.84. The van der Waals surface area contributed by atoms with Crippen molar-refractivity contribution in [1.29, 1.82) is 0 Å². The molecule has 4 aromatic heterocycles. The third kappa shape index (κ3) is 4.41. The zero-order valence-corrected chi connectivity index (χ0v) is 19.5. The number of rotatable bonds is 7. The van der Waals surface area contributed by atoms with E-state index in [0.29, 0.717) is 31.2 Å². The molecule has 4 aromatic rings. The van der Waals surface area contributed by atoms with Gasteiger partial charge >= 0.3 is 6.18 Å². The van der Waals surface area contributed by atoms with E-state index in [0.717, 1.165) is 28.5 Å². The van der Waals surface area contributed by atoms with E-state index in [1.165, 1.54) is 12.3 Å². The van der Waals surface area contributed by atoms with Crippen LogP contribution in [0, 0.1) is 0 Å². The summed E-state index contributed by atoms with van der Waals surface area (Å²) in [5.74, 6) is 1.34. The number of hydrogen-bond donors (Lipinski definition) is 1. The average molecular weight is 487 g/mol. The fourth-order valence-electron chi connectivity index (χ4n) is 4.44. The number of halogens is 3. The van der Waals surface area contributed by atoms with Crippen molar-refractivity contribution in [2.75, 3.05) is 31.0 Å². The molecule has 5 rings (SSSR count). The fourth-order valence-corrected chi connectivity index (χ4v) is 4.44. The molecule has 0 fully saturated rings. The van der Waals surface area contributed by atoms with E-state index in [9.17, 15) is 13.2 Å². The molecule has 0 radical (unpaired) electrons. The van der Waals surface area contributed by atoms with Crippen LogP contribution in [-0.4, -0.2) is 56.1 Å². The second-order valence-corrected chi connectivity index (χ2v) is 8.65. The molecular weight excluding hydrogens is 461 g/mol. The van der Waals surface area contributed by atoms with E-state index >= 15 is 0 Å². The van der Waals surface area contributed by atoms with Gasteiger partial charge in [-0.05, 0) is 24.6 Å². The fraction of sp³-hybridized carbons (Fsp3) is 0.391. The predicted molar refractivity (Wildman–Crippen MR) is 124 cm³/mol. The van der Waals surface area contributed by atoms with Gasteiger partial charge in [0, 0.05) is 44.9 Å². The molecule has 0 bridgehead atoms. The Morgan fingerprint density at radius 1 is 1.11 bits per heavy atom. The van der Waals surface area contributed by atoms with Crippen LogP contribution >= 0.6 is 0 Å². The van der Waals surface area contributed by atoms with E-state index in [2.05, 4.69) is 36.8 Å². The third-order valence-electron chi connectivity index (χ3n) is 6.31. The Morgan fingerprint density at radius 3 is 2.66 bits per heavy atom. The standard InChI is InChI=1S/C23H25F3N8O/c1-14-18(13-35-3)32(2)21-20-17(6-7-34(14)20)30-22(31-21)28-9-16-10-29-33(12-16)11-15-4-5-19(27-8-15)23(24,25)26/h4-8,10,12,14,18H,9,11,13H2,1-3H3,(H,28,30,31). The molecule has 0 amide bonds. The molecule has 0 aromatic carbocycles. The topological polar surface area (TPSA) is 85.9 Å². The van der Waals surface area contributed by atoms with Crippen LogP contribution in [-0.2, 0) is 24.0 Å². The minimum atomic E-state index is -4.45. The predicted octanol–water partition coefficient (Wildman–Crippen LogP) is 3.73. The molecule has 184 valence electrons. The van der Waals surface area contributed by atoms with Crippen molar-refractivity contribution in [1.82, 2.24) is 29.3 Å². The summed E-state index contributed by atoms with van der Waals surface area (Å²) in [6, 6.07) is 4.73. The maximum Gasteiger partial charge on any atom is 0.433 e. The van der Waals surface area contributed by atoms with Crippen LogP contribution in [0.4, 0.5) is 24.9 Å². The van der Waals surface area contributed by atoms with E-state index < -0.39 is 11.9 Å². The van der Waals surface area contributed by atoms with Crippen LogP contribution < -0.4 is 10.2 Å². The monoisotopic (exact) mass is 486 g/mol. The summed E-state index contributed by atoms with van der Waals surface area (Å²) < 4.78 is 47.4. The highest BCUT2D eigenvalue weighted by molar-refractivity contribution is 5.89. The smallest absolute Gasteiger partial charge is 0.382 e. The van der Waals surface area contributed by atoms with Crippen LogP contribution in [0.15, 0.2) is 43.0 Å². The summed E-state index contributed by atoms with van der Waals surface area (Å²) in [7, 11) is 3.71. The van der Waals surface area contributed by atoms with Crippen molar-refractivity contribution < 1.29 is 17.9 Å². The molecule has 9 nitrogen and oxygen atoms in total. The molecule has 5 heterocycles. The Bertz CT molecular complexity index is 1330. The molecule has 1 aliphatic rings. The van der Waals surface area contributed by atoms with Crippen molar-refractivity contribution in [3.8, 4) is 0 Å². The maximum atomic E-state index is 12.7. The van der Waals surface area contributed by atoms with Gasteiger partial charge in [0.25, 0.3) is 0 Å². The Labute approximate surface area is 199 Å². The largest absolute Gasteiger partial charge is 0.433 e. The molecule has 0 spiro atoms. The number of hydrogen-bond acceptors (Lipinski definition) is 7. The maximum absolute atomic E-state index is 12.7. The number of aromatic nitrogens is 6. The van der Waals surface area contributed by atoms with Crippen molar-refractivity contribution in [2.45, 2.75) is 38.3 Å². The normalized spacial score (nSPS) is 17.8. The highest BCUT2D eigenvalue weighted by atomic mass is 19.4. The van der Waals surface area contributed by atoms with Gasteiger partial charge in [-0.15, -0.1) is 0 Å². The first-order valence-electron chi connectivity index (χ1n) is 11.1. The lowest BCUT2D eigenvalue weighted by Gasteiger charge is -2.38. The molecular formula is C23H25F3N8O. The number of nitrogens with one attached hydrogen (secondary N) is 1. The summed E-state index contributed by atoms with van der Waals surface area (Å²) >= 11 is 0. The zero-order chi connectivity index (χ0) is 24.7. The Balaban J connectivity index is 1.29. The van der Waals surface area contributed by atoms with E-state index in [4.69, 9.17) is 9.72 Å². The number of likely N-dealkylation sites (N-methyl/N-ethyl adjacent to an activating group) is 1. The van der Waals surface area contributed by atoms with Gasteiger partial charge in [0.05, 0.1) is 36.9 Å². The minimum Gasteiger partial charge on any atom is -0.382 e. The highest BCUT2D eigenvalue weighted by Crippen LogP contribution is 2.36. The van der Waals surface area contributed by atoms with Gasteiger partial charge in [0.15, 0.2) is 5.82 Å². The highest BCUT2D eigenvalue weighted by Gasteiger charge is 2.33. The first-order valence-corrected chi connectivity index (χ1v) is 11.1. The Kier molecular flexibility index (Phi) is 5.83. The molecule has 0 saturated heterocycles. The van der Waals surface area contributed by atoms with Crippen molar-refractivity contribution in [2.24, 2.45) is 0 Å². The number of nitrogens with zero attached hydrogens (tertiary/aromatic N) is 7. The lowest BCUT2D eigenvalue weighted by atomic mass is 10.1. The number of alkyl halides is 3. The van der Waals surface area contributed by atoms with E-state index in [1.54, 1.807) is 18.0 Å². The van der Waals surface area contributed by atoms with Gasteiger partial charge in [-0.1, -0.05) is 6.07 Å². The molecule has 35 heavy (non-hydrogen) atoms. The van der Waals surface area contributed by atoms with E-state index in [-0.39, 0.29) is 12.1 Å². The summed E-state index contributed by atoms with van der Waals surface area (Å²) in [5.41, 5.74) is 2.46. The summed E-state index contributed by atoms with van der Waals surface area (Å²) in [5, 5.41) is 7.56. The summed E-state index contributed by atoms with van der Waals surface area (Å²) in [6.45, 7) is 3.50. The summed E-state index contributed by atoms with van der Waals surface area (Å²) in [4.78, 5) is 15.1. The number of pyridine rings is 1.